The maximum atomic E-state index is 12.9. The molecule has 0 fully saturated rings. The molecular weight excluding hydrogens is 422 g/mol. The highest BCUT2D eigenvalue weighted by Gasteiger charge is 2.20. The van der Waals surface area contributed by atoms with Crippen LogP contribution in [0.2, 0.25) is 0 Å². The monoisotopic (exact) mass is 451 g/mol. The van der Waals surface area contributed by atoms with Crippen LogP contribution in [0.25, 0.3) is 5.69 Å². The molecule has 0 aliphatic carbocycles. The maximum Gasteiger partial charge on any atom is 0.412 e. The molecule has 0 aliphatic rings. The quantitative estimate of drug-likeness (QED) is 0.577. The predicted octanol–water partition coefficient (Wildman–Crippen LogP) is 4.80. The van der Waals surface area contributed by atoms with Gasteiger partial charge in [0, 0.05) is 5.69 Å². The summed E-state index contributed by atoms with van der Waals surface area (Å²) >= 11 is 0. The lowest BCUT2D eigenvalue weighted by Gasteiger charge is -2.20. The molecule has 3 rings (SSSR count). The van der Waals surface area contributed by atoms with Gasteiger partial charge in [0.1, 0.15) is 11.4 Å². The molecule has 0 aliphatic heterocycles. The van der Waals surface area contributed by atoms with Gasteiger partial charge >= 0.3 is 6.09 Å². The molecule has 2 N–H and O–H groups in total. The summed E-state index contributed by atoms with van der Waals surface area (Å²) in [5.74, 6) is 0.00716. The number of carbonyl (C=O) groups is 2. The van der Waals surface area contributed by atoms with E-state index < -0.39 is 17.6 Å². The van der Waals surface area contributed by atoms with E-state index in [-0.39, 0.29) is 5.69 Å². The fraction of sp³-hybridized carbons (Fsp3) is 0.333. The normalized spacial score (nSPS) is 11.1. The molecule has 0 atom stereocenters. The lowest BCUT2D eigenvalue weighted by molar-refractivity contribution is 0.0635. The number of methoxy groups -OCH3 is 1. The number of nitrogens with zero attached hydrogens (tertiary/aromatic N) is 3. The van der Waals surface area contributed by atoms with E-state index in [1.807, 2.05) is 32.0 Å². The van der Waals surface area contributed by atoms with Gasteiger partial charge in [0.25, 0.3) is 5.91 Å². The van der Waals surface area contributed by atoms with E-state index >= 15 is 0 Å². The molecule has 174 valence electrons. The van der Waals surface area contributed by atoms with Crippen molar-refractivity contribution in [2.75, 3.05) is 17.7 Å². The first-order valence-electron chi connectivity index (χ1n) is 10.5. The van der Waals surface area contributed by atoms with Crippen LogP contribution in [-0.4, -0.2) is 39.7 Å². The smallest absolute Gasteiger partial charge is 0.412 e. The third-order valence-electron chi connectivity index (χ3n) is 4.66. The van der Waals surface area contributed by atoms with E-state index in [9.17, 15) is 9.59 Å². The number of aromatic nitrogens is 3. The Bertz CT molecular complexity index is 1190. The van der Waals surface area contributed by atoms with E-state index in [0.717, 1.165) is 16.8 Å². The van der Waals surface area contributed by atoms with Crippen molar-refractivity contribution in [2.45, 2.75) is 47.1 Å². The average Bonchev–Trinajstić information content (AvgIpc) is 3.08. The van der Waals surface area contributed by atoms with E-state index in [4.69, 9.17) is 9.47 Å². The van der Waals surface area contributed by atoms with Crippen LogP contribution in [0.4, 0.5) is 16.2 Å². The Labute approximate surface area is 193 Å². The van der Waals surface area contributed by atoms with Gasteiger partial charge in [-0.25, -0.2) is 4.79 Å². The van der Waals surface area contributed by atoms with E-state index in [1.54, 1.807) is 45.9 Å². The topological polar surface area (TPSA) is 107 Å². The van der Waals surface area contributed by atoms with Crippen LogP contribution < -0.4 is 15.4 Å². The van der Waals surface area contributed by atoms with E-state index in [0.29, 0.717) is 22.8 Å². The standard InChI is InChI=1S/C24H29N5O4/c1-14-8-10-19(15(2)12-14)29-27-16(3)21(28-29)22(30)25-17-9-11-20(32-7)18(13-17)26-23(31)33-24(4,5)6/h8-13H,1-7H3,(H,25,30)(H,26,31). The van der Waals surface area contributed by atoms with Gasteiger partial charge in [-0.15, -0.1) is 5.10 Å². The third kappa shape index (κ3) is 5.88. The summed E-state index contributed by atoms with van der Waals surface area (Å²) < 4.78 is 10.6. The summed E-state index contributed by atoms with van der Waals surface area (Å²) in [4.78, 5) is 26.6. The number of amides is 2. The first kappa shape index (κ1) is 23.8. The van der Waals surface area contributed by atoms with Gasteiger partial charge in [0.05, 0.1) is 24.2 Å². The third-order valence-corrected chi connectivity index (χ3v) is 4.66. The Kier molecular flexibility index (Phi) is 6.71. The minimum Gasteiger partial charge on any atom is -0.495 e. The number of hydrogen-bond acceptors (Lipinski definition) is 6. The number of hydrogen-bond donors (Lipinski definition) is 2. The molecule has 3 aromatic rings. The second kappa shape index (κ2) is 9.32. The Hall–Kier alpha value is -3.88. The van der Waals surface area contributed by atoms with Crippen molar-refractivity contribution in [3.05, 3.63) is 58.9 Å². The number of anilines is 2. The molecule has 0 unspecified atom stereocenters. The number of aryl methyl sites for hydroxylation is 3. The van der Waals surface area contributed by atoms with Crippen LogP contribution in [0, 0.1) is 20.8 Å². The molecule has 9 nitrogen and oxygen atoms in total. The predicted molar refractivity (Wildman–Crippen MR) is 126 cm³/mol. The van der Waals surface area contributed by atoms with Crippen molar-refractivity contribution in [1.29, 1.82) is 0 Å². The summed E-state index contributed by atoms with van der Waals surface area (Å²) in [5.41, 5.74) is 3.80. The Morgan fingerprint density at radius 3 is 2.33 bits per heavy atom. The molecule has 0 saturated heterocycles. The summed E-state index contributed by atoms with van der Waals surface area (Å²) in [6, 6.07) is 10.8. The minimum atomic E-state index is -0.650. The van der Waals surface area contributed by atoms with Crippen LogP contribution in [0.1, 0.15) is 48.1 Å². The number of benzene rings is 2. The van der Waals surface area contributed by atoms with Crippen molar-refractivity contribution in [3.63, 3.8) is 0 Å². The Morgan fingerprint density at radius 1 is 0.970 bits per heavy atom. The van der Waals surface area contributed by atoms with Gasteiger partial charge in [0.15, 0.2) is 5.69 Å². The first-order valence-corrected chi connectivity index (χ1v) is 10.5. The Morgan fingerprint density at radius 2 is 1.70 bits per heavy atom. The van der Waals surface area contributed by atoms with Gasteiger partial charge in [-0.3, -0.25) is 10.1 Å². The minimum absolute atomic E-state index is 0.201. The zero-order valence-electron chi connectivity index (χ0n) is 19.9. The number of ether oxygens (including phenoxy) is 2. The van der Waals surface area contributed by atoms with Gasteiger partial charge in [-0.1, -0.05) is 17.7 Å². The zero-order chi connectivity index (χ0) is 24.3. The molecule has 0 saturated carbocycles. The highest BCUT2D eigenvalue weighted by Crippen LogP contribution is 2.29. The highest BCUT2D eigenvalue weighted by molar-refractivity contribution is 6.04. The number of carbonyl (C=O) groups excluding carboxylic acids is 2. The molecule has 0 spiro atoms. The van der Waals surface area contributed by atoms with Crippen LogP contribution in [0.3, 0.4) is 0 Å². The second-order valence-electron chi connectivity index (χ2n) is 8.71. The van der Waals surface area contributed by atoms with Crippen molar-refractivity contribution >= 4 is 23.4 Å². The molecule has 33 heavy (non-hydrogen) atoms. The van der Waals surface area contributed by atoms with Crippen molar-refractivity contribution < 1.29 is 19.1 Å². The molecule has 1 aromatic heterocycles. The van der Waals surface area contributed by atoms with Crippen LogP contribution in [0.15, 0.2) is 36.4 Å². The van der Waals surface area contributed by atoms with Crippen molar-refractivity contribution in [1.82, 2.24) is 15.0 Å². The van der Waals surface area contributed by atoms with Crippen LogP contribution in [-0.2, 0) is 4.74 Å². The lowest BCUT2D eigenvalue weighted by Crippen LogP contribution is -2.27. The SMILES string of the molecule is COc1ccc(NC(=O)c2nn(-c3ccc(C)cc3C)nc2C)cc1NC(=O)OC(C)(C)C. The Balaban J connectivity index is 1.81. The molecule has 9 heteroatoms. The van der Waals surface area contributed by atoms with Gasteiger partial charge in [-0.05, 0) is 71.4 Å². The molecule has 2 amide bonds. The fourth-order valence-electron chi connectivity index (χ4n) is 3.21. The summed E-state index contributed by atoms with van der Waals surface area (Å²) in [6.07, 6.45) is -0.628. The van der Waals surface area contributed by atoms with E-state index in [1.165, 1.54) is 11.9 Å². The second-order valence-corrected chi connectivity index (χ2v) is 8.71. The average molecular weight is 452 g/mol. The molecular formula is C24H29N5O4. The summed E-state index contributed by atoms with van der Waals surface area (Å²) in [6.45, 7) is 11.0. The van der Waals surface area contributed by atoms with Gasteiger partial charge < -0.3 is 14.8 Å². The fourth-order valence-corrected chi connectivity index (χ4v) is 3.21. The zero-order valence-corrected chi connectivity index (χ0v) is 19.9. The lowest BCUT2D eigenvalue weighted by atomic mass is 10.1. The van der Waals surface area contributed by atoms with Gasteiger partial charge in [-0.2, -0.15) is 9.90 Å². The largest absolute Gasteiger partial charge is 0.495 e. The first-order chi connectivity index (χ1) is 15.5. The van der Waals surface area contributed by atoms with Crippen molar-refractivity contribution in [3.8, 4) is 11.4 Å². The van der Waals surface area contributed by atoms with Crippen molar-refractivity contribution in [2.24, 2.45) is 0 Å². The van der Waals surface area contributed by atoms with Gasteiger partial charge in [0.2, 0.25) is 0 Å². The number of rotatable bonds is 5. The highest BCUT2D eigenvalue weighted by atomic mass is 16.6. The molecule has 2 aromatic carbocycles. The summed E-state index contributed by atoms with van der Waals surface area (Å²) in [7, 11) is 1.49. The maximum absolute atomic E-state index is 12.9. The number of nitrogens with one attached hydrogen (secondary N) is 2. The molecule has 0 radical (unpaired) electrons. The van der Waals surface area contributed by atoms with Crippen LogP contribution >= 0.6 is 0 Å². The molecule has 1 heterocycles. The van der Waals surface area contributed by atoms with E-state index in [2.05, 4.69) is 20.8 Å². The molecule has 0 bridgehead atoms. The van der Waals surface area contributed by atoms with Crippen LogP contribution in [0.5, 0.6) is 5.75 Å². The summed E-state index contributed by atoms with van der Waals surface area (Å²) in [5, 5.41) is 14.2.